The number of benzene rings is 2. The van der Waals surface area contributed by atoms with Crippen molar-refractivity contribution in [1.29, 1.82) is 0 Å². The van der Waals surface area contributed by atoms with E-state index in [9.17, 15) is 9.90 Å². The van der Waals surface area contributed by atoms with Gasteiger partial charge in [0.05, 0.1) is 6.42 Å². The average molecular weight is 338 g/mol. The van der Waals surface area contributed by atoms with Crippen LogP contribution in [0.5, 0.6) is 0 Å². The third kappa shape index (κ3) is 4.68. The molecular weight excluding hydrogens is 312 g/mol. The number of hydrogen-bond donors (Lipinski definition) is 1. The zero-order chi connectivity index (χ0) is 17.6. The molecule has 4 nitrogen and oxygen atoms in total. The molecule has 1 N–H and O–H groups in total. The third-order valence-corrected chi connectivity index (χ3v) is 5.12. The summed E-state index contributed by atoms with van der Waals surface area (Å²) in [5, 5.41) is 9.40. The molecule has 3 rings (SSSR count). The molecule has 132 valence electrons. The fourth-order valence-corrected chi connectivity index (χ4v) is 3.71. The van der Waals surface area contributed by atoms with E-state index in [-0.39, 0.29) is 18.5 Å². The highest BCUT2D eigenvalue weighted by Gasteiger charge is 2.34. The Morgan fingerprint density at radius 1 is 0.920 bits per heavy atom. The van der Waals surface area contributed by atoms with Gasteiger partial charge in [-0.05, 0) is 18.1 Å². The van der Waals surface area contributed by atoms with Crippen molar-refractivity contribution in [1.82, 2.24) is 9.80 Å². The van der Waals surface area contributed by atoms with E-state index in [0.717, 1.165) is 26.2 Å². The van der Waals surface area contributed by atoms with Gasteiger partial charge in [-0.2, -0.15) is 0 Å². The molecule has 1 fully saturated rings. The lowest BCUT2D eigenvalue weighted by Crippen LogP contribution is -2.58. The summed E-state index contributed by atoms with van der Waals surface area (Å²) in [5.74, 6) is -0.725. The monoisotopic (exact) mass is 338 g/mol. The quantitative estimate of drug-likeness (QED) is 0.878. The van der Waals surface area contributed by atoms with Crippen LogP contribution in [0, 0.1) is 0 Å². The van der Waals surface area contributed by atoms with Crippen LogP contribution in [0.4, 0.5) is 0 Å². The van der Waals surface area contributed by atoms with E-state index in [2.05, 4.69) is 53.1 Å². The summed E-state index contributed by atoms with van der Waals surface area (Å²) < 4.78 is 0. The van der Waals surface area contributed by atoms with Gasteiger partial charge in [0, 0.05) is 38.3 Å². The van der Waals surface area contributed by atoms with Crippen molar-refractivity contribution >= 4 is 5.97 Å². The molecule has 2 aromatic rings. The van der Waals surface area contributed by atoms with Crippen molar-refractivity contribution in [2.45, 2.75) is 38.5 Å². The van der Waals surface area contributed by atoms with Gasteiger partial charge in [-0.3, -0.25) is 14.6 Å². The van der Waals surface area contributed by atoms with Crippen LogP contribution < -0.4 is 0 Å². The third-order valence-electron chi connectivity index (χ3n) is 5.12. The van der Waals surface area contributed by atoms with Crippen molar-refractivity contribution in [3.05, 3.63) is 71.8 Å². The van der Waals surface area contributed by atoms with E-state index in [1.54, 1.807) is 0 Å². The van der Waals surface area contributed by atoms with Gasteiger partial charge in [-0.15, -0.1) is 0 Å². The highest BCUT2D eigenvalue weighted by atomic mass is 16.4. The lowest BCUT2D eigenvalue weighted by Gasteiger charge is -2.46. The fourth-order valence-electron chi connectivity index (χ4n) is 3.71. The average Bonchev–Trinajstić information content (AvgIpc) is 2.62. The molecule has 1 heterocycles. The zero-order valence-electron chi connectivity index (χ0n) is 14.7. The van der Waals surface area contributed by atoms with Crippen LogP contribution in [0.1, 0.15) is 24.5 Å². The predicted molar refractivity (Wildman–Crippen MR) is 99.2 cm³/mol. The van der Waals surface area contributed by atoms with E-state index in [0.29, 0.717) is 0 Å². The summed E-state index contributed by atoms with van der Waals surface area (Å²) in [6.07, 6.45) is 0.180. The predicted octanol–water partition coefficient (Wildman–Crippen LogP) is 3.24. The maximum atomic E-state index is 11.4. The smallest absolute Gasteiger partial charge is 0.304 e. The molecule has 0 saturated carbocycles. The summed E-state index contributed by atoms with van der Waals surface area (Å²) in [6, 6.07) is 20.9. The number of piperazine rings is 1. The van der Waals surface area contributed by atoms with Crippen molar-refractivity contribution in [3.63, 3.8) is 0 Å². The number of rotatable bonds is 6. The summed E-state index contributed by atoms with van der Waals surface area (Å²) in [5.41, 5.74) is 2.52. The number of hydrogen-bond acceptors (Lipinski definition) is 3. The van der Waals surface area contributed by atoms with Crippen LogP contribution in [0.25, 0.3) is 0 Å². The topological polar surface area (TPSA) is 43.8 Å². The Balaban J connectivity index is 1.72. The molecule has 0 aliphatic carbocycles. The van der Waals surface area contributed by atoms with Crippen LogP contribution in [0.15, 0.2) is 60.7 Å². The largest absolute Gasteiger partial charge is 0.481 e. The second-order valence-electron chi connectivity index (χ2n) is 6.82. The highest BCUT2D eigenvalue weighted by Crippen LogP contribution is 2.24. The van der Waals surface area contributed by atoms with Gasteiger partial charge >= 0.3 is 5.97 Å². The fraction of sp³-hybridized carbons (Fsp3) is 0.381. The van der Waals surface area contributed by atoms with E-state index < -0.39 is 5.97 Å². The Labute approximate surface area is 149 Å². The van der Waals surface area contributed by atoms with Crippen LogP contribution in [-0.4, -0.2) is 46.0 Å². The molecule has 1 aliphatic rings. The minimum atomic E-state index is -0.725. The van der Waals surface area contributed by atoms with E-state index >= 15 is 0 Å². The highest BCUT2D eigenvalue weighted by molar-refractivity contribution is 5.67. The van der Waals surface area contributed by atoms with Crippen molar-refractivity contribution in [3.8, 4) is 0 Å². The molecule has 0 aromatic heterocycles. The van der Waals surface area contributed by atoms with Gasteiger partial charge in [-0.25, -0.2) is 0 Å². The van der Waals surface area contributed by atoms with Gasteiger partial charge in [0.15, 0.2) is 0 Å². The van der Waals surface area contributed by atoms with Gasteiger partial charge in [0.25, 0.3) is 0 Å². The molecule has 0 radical (unpaired) electrons. The van der Waals surface area contributed by atoms with Crippen LogP contribution >= 0.6 is 0 Å². The summed E-state index contributed by atoms with van der Waals surface area (Å²) in [7, 11) is 0. The molecule has 2 atom stereocenters. The standard InChI is InChI=1S/C21H26N2O2/c1-17-20(14-21(24)25)23(16-19-10-6-3-7-11-19)13-12-22(17)15-18-8-4-2-5-9-18/h2-11,17,20H,12-16H2,1H3,(H,24,25)/t17-,20+/m1/s1. The number of carboxylic acid groups (broad SMARTS) is 1. The van der Waals surface area contributed by atoms with Gasteiger partial charge in [0.1, 0.15) is 0 Å². The summed E-state index contributed by atoms with van der Waals surface area (Å²) >= 11 is 0. The molecule has 0 unspecified atom stereocenters. The number of carbonyl (C=O) groups is 1. The zero-order valence-corrected chi connectivity index (χ0v) is 14.7. The maximum absolute atomic E-state index is 11.4. The molecule has 4 heteroatoms. The Hall–Kier alpha value is -2.17. The second-order valence-corrected chi connectivity index (χ2v) is 6.82. The molecule has 0 amide bonds. The van der Waals surface area contributed by atoms with Gasteiger partial charge in [-0.1, -0.05) is 60.7 Å². The molecule has 0 bridgehead atoms. The SMILES string of the molecule is C[C@@H]1[C@H](CC(=O)O)N(Cc2ccccc2)CCN1Cc1ccccc1. The maximum Gasteiger partial charge on any atom is 0.304 e. The number of carboxylic acids is 1. The van der Waals surface area contributed by atoms with Crippen molar-refractivity contribution in [2.24, 2.45) is 0 Å². The molecule has 1 saturated heterocycles. The Kier molecular flexibility index (Phi) is 5.84. The number of nitrogens with zero attached hydrogens (tertiary/aromatic N) is 2. The van der Waals surface area contributed by atoms with E-state index in [4.69, 9.17) is 0 Å². The first-order valence-corrected chi connectivity index (χ1v) is 8.91. The Morgan fingerprint density at radius 2 is 1.40 bits per heavy atom. The minimum absolute atomic E-state index is 0.0233. The lowest BCUT2D eigenvalue weighted by molar-refractivity contribution is -0.140. The van der Waals surface area contributed by atoms with Crippen LogP contribution in [0.2, 0.25) is 0 Å². The van der Waals surface area contributed by atoms with Crippen LogP contribution in [0.3, 0.4) is 0 Å². The first kappa shape index (κ1) is 17.6. The number of aliphatic carboxylic acids is 1. The van der Waals surface area contributed by atoms with E-state index in [1.165, 1.54) is 11.1 Å². The van der Waals surface area contributed by atoms with Crippen LogP contribution in [-0.2, 0) is 17.9 Å². The normalized spacial score (nSPS) is 22.0. The molecular formula is C21H26N2O2. The van der Waals surface area contributed by atoms with Gasteiger partial charge < -0.3 is 5.11 Å². The summed E-state index contributed by atoms with van der Waals surface area (Å²) in [4.78, 5) is 16.2. The first-order valence-electron chi connectivity index (χ1n) is 8.91. The molecule has 2 aromatic carbocycles. The Bertz CT molecular complexity index is 675. The lowest BCUT2D eigenvalue weighted by atomic mass is 9.98. The first-order chi connectivity index (χ1) is 12.1. The second kappa shape index (κ2) is 8.28. The molecule has 1 aliphatic heterocycles. The van der Waals surface area contributed by atoms with Crippen molar-refractivity contribution < 1.29 is 9.90 Å². The van der Waals surface area contributed by atoms with Crippen molar-refractivity contribution in [2.75, 3.05) is 13.1 Å². The Morgan fingerprint density at radius 3 is 1.92 bits per heavy atom. The van der Waals surface area contributed by atoms with Gasteiger partial charge in [0.2, 0.25) is 0 Å². The molecule has 25 heavy (non-hydrogen) atoms. The van der Waals surface area contributed by atoms with E-state index in [1.807, 2.05) is 24.3 Å². The molecule has 0 spiro atoms. The summed E-state index contributed by atoms with van der Waals surface area (Å²) in [6.45, 7) is 5.69. The minimum Gasteiger partial charge on any atom is -0.481 e.